The summed E-state index contributed by atoms with van der Waals surface area (Å²) in [6.45, 7) is 4.88. The molecule has 3 aliphatic heterocycles. The predicted molar refractivity (Wildman–Crippen MR) is 89.6 cm³/mol. The Morgan fingerprint density at radius 1 is 1.13 bits per heavy atom. The maximum absolute atomic E-state index is 12.8. The lowest BCUT2D eigenvalue weighted by molar-refractivity contribution is -0.131. The number of amides is 1. The normalized spacial score (nSPS) is 30.1. The molecule has 0 bridgehead atoms. The lowest BCUT2D eigenvalue weighted by atomic mass is 9.90. The monoisotopic (exact) mass is 314 g/mol. The molecular formula is C19H26N2O2. The summed E-state index contributed by atoms with van der Waals surface area (Å²) in [6, 6.07) is 8.19. The van der Waals surface area contributed by atoms with Gasteiger partial charge in [-0.2, -0.15) is 0 Å². The molecule has 3 aliphatic rings. The van der Waals surface area contributed by atoms with Gasteiger partial charge in [0.1, 0.15) is 5.75 Å². The maximum Gasteiger partial charge on any atom is 0.223 e. The minimum Gasteiger partial charge on any atom is -0.493 e. The molecule has 124 valence electrons. The molecule has 4 rings (SSSR count). The van der Waals surface area contributed by atoms with E-state index < -0.39 is 0 Å². The van der Waals surface area contributed by atoms with E-state index in [4.69, 9.17) is 4.74 Å². The first-order chi connectivity index (χ1) is 11.3. The number of carbonyl (C=O) groups is 1. The summed E-state index contributed by atoms with van der Waals surface area (Å²) in [7, 11) is 0. The van der Waals surface area contributed by atoms with Gasteiger partial charge in [0.15, 0.2) is 0 Å². The number of hydrogen-bond donors (Lipinski definition) is 1. The number of nitrogens with zero attached hydrogens (tertiary/aromatic N) is 1. The highest BCUT2D eigenvalue weighted by Gasteiger charge is 2.32. The van der Waals surface area contributed by atoms with Crippen LogP contribution in [0.15, 0.2) is 24.3 Å². The Morgan fingerprint density at radius 2 is 1.87 bits per heavy atom. The van der Waals surface area contributed by atoms with Crippen LogP contribution in [0.4, 0.5) is 0 Å². The van der Waals surface area contributed by atoms with E-state index in [0.29, 0.717) is 18.2 Å². The van der Waals surface area contributed by atoms with Crippen molar-refractivity contribution in [1.29, 1.82) is 0 Å². The number of carbonyl (C=O) groups excluding carboxylic acids is 1. The van der Waals surface area contributed by atoms with Gasteiger partial charge < -0.3 is 15.0 Å². The first-order valence-electron chi connectivity index (χ1n) is 9.01. The number of benzene rings is 1. The summed E-state index contributed by atoms with van der Waals surface area (Å²) >= 11 is 0. The largest absolute Gasteiger partial charge is 0.493 e. The molecular weight excluding hydrogens is 288 g/mol. The summed E-state index contributed by atoms with van der Waals surface area (Å²) in [4.78, 5) is 14.9. The summed E-state index contributed by atoms with van der Waals surface area (Å²) in [6.07, 6.45) is 3.90. The topological polar surface area (TPSA) is 41.6 Å². The number of nitrogens with one attached hydrogen (secondary N) is 1. The minimum absolute atomic E-state index is 0.317. The third-order valence-electron chi connectivity index (χ3n) is 5.88. The van der Waals surface area contributed by atoms with Gasteiger partial charge in [0.05, 0.1) is 6.61 Å². The second kappa shape index (κ2) is 6.52. The highest BCUT2D eigenvalue weighted by molar-refractivity contribution is 5.77. The number of fused-ring (bicyclic) bond motifs is 2. The van der Waals surface area contributed by atoms with E-state index in [0.717, 1.165) is 69.6 Å². The minimum atomic E-state index is 0.317. The molecule has 2 saturated heterocycles. The average molecular weight is 314 g/mol. The highest BCUT2D eigenvalue weighted by atomic mass is 16.5. The highest BCUT2D eigenvalue weighted by Crippen LogP contribution is 2.36. The quantitative estimate of drug-likeness (QED) is 0.911. The van der Waals surface area contributed by atoms with Crippen LogP contribution in [0.25, 0.3) is 0 Å². The fourth-order valence-corrected chi connectivity index (χ4v) is 4.44. The van der Waals surface area contributed by atoms with Gasteiger partial charge in [-0.15, -0.1) is 0 Å². The van der Waals surface area contributed by atoms with Crippen molar-refractivity contribution in [2.24, 2.45) is 11.8 Å². The van der Waals surface area contributed by atoms with Crippen LogP contribution >= 0.6 is 0 Å². The molecule has 4 nitrogen and oxygen atoms in total. The summed E-state index contributed by atoms with van der Waals surface area (Å²) in [5.41, 5.74) is 1.21. The Hall–Kier alpha value is -1.55. The van der Waals surface area contributed by atoms with Gasteiger partial charge in [0.25, 0.3) is 0 Å². The van der Waals surface area contributed by atoms with Crippen molar-refractivity contribution in [1.82, 2.24) is 10.2 Å². The maximum atomic E-state index is 12.8. The lowest BCUT2D eigenvalue weighted by Gasteiger charge is -2.28. The van der Waals surface area contributed by atoms with E-state index in [2.05, 4.69) is 16.3 Å². The van der Waals surface area contributed by atoms with Gasteiger partial charge in [0, 0.05) is 19.5 Å². The van der Waals surface area contributed by atoms with Crippen LogP contribution < -0.4 is 10.1 Å². The predicted octanol–water partition coefficient (Wildman–Crippen LogP) is 2.40. The van der Waals surface area contributed by atoms with Crippen molar-refractivity contribution in [3.63, 3.8) is 0 Å². The van der Waals surface area contributed by atoms with Gasteiger partial charge in [-0.1, -0.05) is 18.2 Å². The van der Waals surface area contributed by atoms with E-state index in [1.807, 2.05) is 18.2 Å². The van der Waals surface area contributed by atoms with Crippen molar-refractivity contribution < 1.29 is 9.53 Å². The summed E-state index contributed by atoms with van der Waals surface area (Å²) < 4.78 is 5.72. The second-order valence-electron chi connectivity index (χ2n) is 7.21. The van der Waals surface area contributed by atoms with Crippen LogP contribution in [0, 0.1) is 11.8 Å². The standard InChI is InChI=1S/C19H26N2O2/c22-19(21-8-5-15-12-20-13-16(15)6-9-21)11-14-7-10-23-18-4-2-1-3-17(14)18/h1-4,14-16,20H,5-13H2/t14?,15-,16+. The number of para-hydroxylation sites is 1. The fourth-order valence-electron chi connectivity index (χ4n) is 4.44. The van der Waals surface area contributed by atoms with Crippen LogP contribution in [0.3, 0.4) is 0 Å². The number of ether oxygens (including phenoxy) is 1. The zero-order valence-electron chi connectivity index (χ0n) is 13.7. The van der Waals surface area contributed by atoms with E-state index >= 15 is 0 Å². The van der Waals surface area contributed by atoms with Crippen molar-refractivity contribution in [3.05, 3.63) is 29.8 Å². The smallest absolute Gasteiger partial charge is 0.223 e. The number of hydrogen-bond acceptors (Lipinski definition) is 3. The third-order valence-corrected chi connectivity index (χ3v) is 5.88. The molecule has 2 fully saturated rings. The zero-order valence-corrected chi connectivity index (χ0v) is 13.7. The molecule has 1 N–H and O–H groups in total. The van der Waals surface area contributed by atoms with Crippen LogP contribution in [-0.4, -0.2) is 43.6 Å². The van der Waals surface area contributed by atoms with E-state index in [1.165, 1.54) is 5.56 Å². The molecule has 1 unspecified atom stereocenters. The lowest BCUT2D eigenvalue weighted by Crippen LogP contribution is -2.34. The van der Waals surface area contributed by atoms with E-state index in [-0.39, 0.29) is 0 Å². The molecule has 1 amide bonds. The SMILES string of the molecule is O=C(CC1CCOc2ccccc21)N1CC[C@@H]2CNC[C@@H]2CC1. The molecule has 1 aromatic carbocycles. The molecule has 0 saturated carbocycles. The summed E-state index contributed by atoms with van der Waals surface area (Å²) in [5, 5.41) is 3.50. The molecule has 1 aromatic rings. The molecule has 4 heteroatoms. The van der Waals surface area contributed by atoms with Gasteiger partial charge in [-0.3, -0.25) is 4.79 Å². The Balaban J connectivity index is 1.40. The van der Waals surface area contributed by atoms with Crippen molar-refractivity contribution >= 4 is 5.91 Å². The summed E-state index contributed by atoms with van der Waals surface area (Å²) in [5.74, 6) is 3.16. The molecule has 0 spiro atoms. The van der Waals surface area contributed by atoms with Crippen LogP contribution in [0.2, 0.25) is 0 Å². The third kappa shape index (κ3) is 3.09. The van der Waals surface area contributed by atoms with Crippen LogP contribution in [0.5, 0.6) is 5.75 Å². The Labute approximate surface area is 138 Å². The Morgan fingerprint density at radius 3 is 2.65 bits per heavy atom. The first-order valence-corrected chi connectivity index (χ1v) is 9.01. The Bertz CT molecular complexity index is 560. The molecule has 0 aliphatic carbocycles. The fraction of sp³-hybridized carbons (Fsp3) is 0.632. The molecule has 23 heavy (non-hydrogen) atoms. The van der Waals surface area contributed by atoms with Crippen molar-refractivity contribution in [2.75, 3.05) is 32.8 Å². The molecule has 0 aromatic heterocycles. The van der Waals surface area contributed by atoms with Crippen molar-refractivity contribution in [3.8, 4) is 5.75 Å². The van der Waals surface area contributed by atoms with E-state index in [1.54, 1.807) is 0 Å². The van der Waals surface area contributed by atoms with Gasteiger partial charge in [-0.25, -0.2) is 0 Å². The van der Waals surface area contributed by atoms with Crippen LogP contribution in [0.1, 0.15) is 37.2 Å². The molecule has 3 atom stereocenters. The number of rotatable bonds is 2. The Kier molecular flexibility index (Phi) is 4.25. The molecule has 0 radical (unpaired) electrons. The first kappa shape index (κ1) is 15.0. The number of likely N-dealkylation sites (tertiary alicyclic amines) is 1. The van der Waals surface area contributed by atoms with Crippen LogP contribution in [-0.2, 0) is 4.79 Å². The van der Waals surface area contributed by atoms with E-state index in [9.17, 15) is 4.79 Å². The van der Waals surface area contributed by atoms with Gasteiger partial charge >= 0.3 is 0 Å². The van der Waals surface area contributed by atoms with Gasteiger partial charge in [0.2, 0.25) is 5.91 Å². The average Bonchev–Trinajstić information content (AvgIpc) is 2.93. The van der Waals surface area contributed by atoms with Gasteiger partial charge in [-0.05, 0) is 61.7 Å². The molecule has 3 heterocycles. The second-order valence-corrected chi connectivity index (χ2v) is 7.21. The zero-order chi connectivity index (χ0) is 15.6. The van der Waals surface area contributed by atoms with Crippen molar-refractivity contribution in [2.45, 2.75) is 31.6 Å².